The first kappa shape index (κ1) is 27.7. The molecule has 3 rings (SSSR count). The fourth-order valence-corrected chi connectivity index (χ4v) is 4.20. The van der Waals surface area contributed by atoms with Gasteiger partial charge in [0, 0.05) is 16.2 Å². The van der Waals surface area contributed by atoms with Crippen molar-refractivity contribution in [1.29, 1.82) is 0 Å². The van der Waals surface area contributed by atoms with Crippen LogP contribution in [0.2, 0.25) is 0 Å². The number of rotatable bonds is 13. The molecule has 190 valence electrons. The molecule has 2 N–H and O–H groups in total. The van der Waals surface area contributed by atoms with Gasteiger partial charge in [0.15, 0.2) is 5.11 Å². The van der Waals surface area contributed by atoms with Crippen LogP contribution in [0.4, 0.5) is 5.69 Å². The summed E-state index contributed by atoms with van der Waals surface area (Å²) in [5, 5.41) is 6.02. The molecule has 0 spiro atoms. The predicted molar refractivity (Wildman–Crippen MR) is 154 cm³/mol. The third kappa shape index (κ3) is 9.63. The minimum Gasteiger partial charge on any atom is -0.494 e. The lowest BCUT2D eigenvalue weighted by Gasteiger charge is -2.14. The van der Waals surface area contributed by atoms with Crippen LogP contribution in [0.5, 0.6) is 11.5 Å². The Balaban J connectivity index is 1.50. The predicted octanol–water partition coefficient (Wildman–Crippen LogP) is 7.55. The highest BCUT2D eigenvalue weighted by Gasteiger charge is 2.15. The van der Waals surface area contributed by atoms with E-state index in [9.17, 15) is 4.79 Å². The summed E-state index contributed by atoms with van der Waals surface area (Å²) in [6, 6.07) is 23.3. The molecule has 0 aliphatic carbocycles. The highest BCUT2D eigenvalue weighted by Crippen LogP contribution is 2.24. The van der Waals surface area contributed by atoms with Gasteiger partial charge in [0.25, 0.3) is 5.91 Å². The van der Waals surface area contributed by atoms with E-state index in [0.717, 1.165) is 41.6 Å². The van der Waals surface area contributed by atoms with Crippen LogP contribution in [0.3, 0.4) is 0 Å². The zero-order chi connectivity index (χ0) is 25.6. The molecular weight excluding hydrogens is 536 g/mol. The molecular formula is C29H33BrN2O3S. The van der Waals surface area contributed by atoms with E-state index in [1.165, 1.54) is 18.4 Å². The number of carbonyl (C=O) groups excluding carboxylic acids is 1. The van der Waals surface area contributed by atoms with E-state index >= 15 is 0 Å². The zero-order valence-electron chi connectivity index (χ0n) is 20.6. The molecule has 0 bridgehead atoms. The molecule has 3 aromatic carbocycles. The van der Waals surface area contributed by atoms with Crippen molar-refractivity contribution in [1.82, 2.24) is 5.32 Å². The Hall–Kier alpha value is -2.90. The third-order valence-electron chi connectivity index (χ3n) is 5.48. The normalized spacial score (nSPS) is 10.5. The number of ether oxygens (including phenoxy) is 2. The van der Waals surface area contributed by atoms with Crippen LogP contribution in [0.25, 0.3) is 0 Å². The van der Waals surface area contributed by atoms with Crippen molar-refractivity contribution in [3.05, 3.63) is 88.4 Å². The Kier molecular flexibility index (Phi) is 11.7. The Labute approximate surface area is 227 Å². The van der Waals surface area contributed by atoms with Gasteiger partial charge >= 0.3 is 0 Å². The molecule has 3 aromatic rings. The molecule has 0 saturated heterocycles. The summed E-state index contributed by atoms with van der Waals surface area (Å²) < 4.78 is 12.6. The van der Waals surface area contributed by atoms with Gasteiger partial charge in [-0.2, -0.15) is 0 Å². The summed E-state index contributed by atoms with van der Waals surface area (Å²) in [4.78, 5) is 12.9. The fourth-order valence-electron chi connectivity index (χ4n) is 3.62. The molecule has 0 radical (unpaired) electrons. The summed E-state index contributed by atoms with van der Waals surface area (Å²) in [6.45, 7) is 3.36. The van der Waals surface area contributed by atoms with Gasteiger partial charge in [-0.05, 0) is 67.4 Å². The first-order chi connectivity index (χ1) is 17.5. The van der Waals surface area contributed by atoms with Gasteiger partial charge in [0.1, 0.15) is 11.5 Å². The Bertz CT molecular complexity index is 1120. The number of anilines is 1. The molecule has 7 heteroatoms. The second-order valence-corrected chi connectivity index (χ2v) is 9.75. The lowest BCUT2D eigenvalue weighted by Crippen LogP contribution is -2.34. The fraction of sp³-hybridized carbons (Fsp3) is 0.310. The number of halogens is 1. The van der Waals surface area contributed by atoms with Crippen molar-refractivity contribution in [3.8, 4) is 11.5 Å². The van der Waals surface area contributed by atoms with Crippen LogP contribution in [-0.2, 0) is 6.42 Å². The number of hydrogen-bond donors (Lipinski definition) is 2. The molecule has 0 saturated carbocycles. The lowest BCUT2D eigenvalue weighted by molar-refractivity contribution is 0.0973. The molecule has 0 fully saturated rings. The summed E-state index contributed by atoms with van der Waals surface area (Å²) >= 11 is 8.83. The number of aryl methyl sites for hydroxylation is 1. The van der Waals surface area contributed by atoms with Crippen molar-refractivity contribution in [2.45, 2.75) is 45.4 Å². The molecule has 0 unspecified atom stereocenters. The standard InChI is InChI=1S/C29H33BrN2O3S/c1-2-3-4-8-18-35-27-17-16-23(30)20-26(27)28(33)32-29(36)31-24-14-9-15-25(21-24)34-19-10-13-22-11-6-5-7-12-22/h5-7,9,11-12,14-17,20-21H,2-4,8,10,13,18-19H2,1H3,(H2,31,32,33,36). The second kappa shape index (κ2) is 15.3. The van der Waals surface area contributed by atoms with Crippen molar-refractivity contribution in [3.63, 3.8) is 0 Å². The summed E-state index contributed by atoms with van der Waals surface area (Å²) in [5.74, 6) is 0.958. The average molecular weight is 570 g/mol. The number of hydrogen-bond acceptors (Lipinski definition) is 4. The average Bonchev–Trinajstić information content (AvgIpc) is 2.88. The van der Waals surface area contributed by atoms with Gasteiger partial charge in [0.05, 0.1) is 18.8 Å². The maximum absolute atomic E-state index is 12.9. The summed E-state index contributed by atoms with van der Waals surface area (Å²) in [5.41, 5.74) is 2.47. The molecule has 36 heavy (non-hydrogen) atoms. The van der Waals surface area contributed by atoms with Crippen LogP contribution in [0.1, 0.15) is 54.9 Å². The van der Waals surface area contributed by atoms with Gasteiger partial charge in [-0.15, -0.1) is 0 Å². The van der Waals surface area contributed by atoms with Gasteiger partial charge in [-0.1, -0.05) is 78.5 Å². The van der Waals surface area contributed by atoms with Gasteiger partial charge in [0.2, 0.25) is 0 Å². The van der Waals surface area contributed by atoms with Crippen LogP contribution in [0.15, 0.2) is 77.3 Å². The second-order valence-electron chi connectivity index (χ2n) is 8.42. The van der Waals surface area contributed by atoms with Crippen LogP contribution in [0, 0.1) is 0 Å². The largest absolute Gasteiger partial charge is 0.494 e. The summed E-state index contributed by atoms with van der Waals surface area (Å²) in [7, 11) is 0. The summed E-state index contributed by atoms with van der Waals surface area (Å²) in [6.07, 6.45) is 6.30. The van der Waals surface area contributed by atoms with Gasteiger partial charge in [-0.3, -0.25) is 10.1 Å². The van der Waals surface area contributed by atoms with Gasteiger partial charge in [-0.25, -0.2) is 0 Å². The van der Waals surface area contributed by atoms with E-state index in [2.05, 4.69) is 45.6 Å². The minimum atomic E-state index is -0.328. The topological polar surface area (TPSA) is 59.6 Å². The lowest BCUT2D eigenvalue weighted by atomic mass is 10.1. The number of thiocarbonyl (C=S) groups is 1. The number of unbranched alkanes of at least 4 members (excludes halogenated alkanes) is 3. The third-order valence-corrected chi connectivity index (χ3v) is 6.18. The molecule has 0 aromatic heterocycles. The van der Waals surface area contributed by atoms with E-state index in [4.69, 9.17) is 21.7 Å². The highest BCUT2D eigenvalue weighted by atomic mass is 79.9. The SMILES string of the molecule is CCCCCCOc1ccc(Br)cc1C(=O)NC(=S)Nc1cccc(OCCCc2ccccc2)c1. The first-order valence-electron chi connectivity index (χ1n) is 12.4. The monoisotopic (exact) mass is 568 g/mol. The molecule has 0 aliphatic heterocycles. The van der Waals surface area contributed by atoms with E-state index in [0.29, 0.717) is 24.5 Å². The van der Waals surface area contributed by atoms with Crippen LogP contribution < -0.4 is 20.1 Å². The van der Waals surface area contributed by atoms with E-state index in [-0.39, 0.29) is 11.0 Å². The quantitative estimate of drug-likeness (QED) is 0.165. The van der Waals surface area contributed by atoms with Crippen molar-refractivity contribution >= 4 is 44.9 Å². The Morgan fingerprint density at radius 3 is 2.50 bits per heavy atom. The molecule has 0 heterocycles. The maximum atomic E-state index is 12.9. The highest BCUT2D eigenvalue weighted by molar-refractivity contribution is 9.10. The van der Waals surface area contributed by atoms with Crippen molar-refractivity contribution < 1.29 is 14.3 Å². The van der Waals surface area contributed by atoms with E-state index in [1.807, 2.05) is 48.5 Å². The number of benzene rings is 3. The smallest absolute Gasteiger partial charge is 0.261 e. The number of nitrogens with one attached hydrogen (secondary N) is 2. The van der Waals surface area contributed by atoms with Crippen molar-refractivity contribution in [2.24, 2.45) is 0 Å². The maximum Gasteiger partial charge on any atom is 0.261 e. The van der Waals surface area contributed by atoms with Gasteiger partial charge < -0.3 is 14.8 Å². The van der Waals surface area contributed by atoms with E-state index < -0.39 is 0 Å². The number of amides is 1. The first-order valence-corrected chi connectivity index (χ1v) is 13.6. The zero-order valence-corrected chi connectivity index (χ0v) is 23.0. The minimum absolute atomic E-state index is 0.204. The Morgan fingerprint density at radius 1 is 0.889 bits per heavy atom. The van der Waals surface area contributed by atoms with Crippen molar-refractivity contribution in [2.75, 3.05) is 18.5 Å². The molecule has 5 nitrogen and oxygen atoms in total. The van der Waals surface area contributed by atoms with Crippen LogP contribution in [-0.4, -0.2) is 24.2 Å². The van der Waals surface area contributed by atoms with Crippen LogP contribution >= 0.6 is 28.1 Å². The molecule has 0 aliphatic rings. The molecule has 0 atom stereocenters. The van der Waals surface area contributed by atoms with E-state index in [1.54, 1.807) is 12.1 Å². The Morgan fingerprint density at radius 2 is 1.69 bits per heavy atom. The number of carbonyl (C=O) groups is 1. The molecule has 1 amide bonds.